The molecule has 0 bridgehead atoms. The second-order valence-corrected chi connectivity index (χ2v) is 10.1. The molecule has 2 N–H and O–H groups in total. The lowest BCUT2D eigenvalue weighted by molar-refractivity contribution is 0.102. The first-order valence-corrected chi connectivity index (χ1v) is 12.3. The van der Waals surface area contributed by atoms with Crippen LogP contribution < -0.4 is 20.3 Å². The number of fused-ring (bicyclic) bond motifs is 2. The van der Waals surface area contributed by atoms with E-state index in [4.69, 9.17) is 4.74 Å². The van der Waals surface area contributed by atoms with Crippen molar-refractivity contribution in [3.63, 3.8) is 0 Å². The van der Waals surface area contributed by atoms with E-state index in [1.54, 1.807) is 43.2 Å². The number of rotatable bonds is 5. The lowest BCUT2D eigenvalue weighted by Crippen LogP contribution is -2.54. The zero-order chi connectivity index (χ0) is 24.9. The average molecular weight is 493 g/mol. The lowest BCUT2D eigenvalue weighted by Gasteiger charge is -2.37. The molecule has 0 saturated carbocycles. The van der Waals surface area contributed by atoms with Gasteiger partial charge in [0.15, 0.2) is 5.78 Å². The minimum Gasteiger partial charge on any atom is -0.473 e. The lowest BCUT2D eigenvalue weighted by atomic mass is 10.0. The summed E-state index contributed by atoms with van der Waals surface area (Å²) in [7, 11) is 3.38. The van der Waals surface area contributed by atoms with Crippen LogP contribution in [-0.4, -0.2) is 58.7 Å². The molecule has 1 saturated heterocycles. The number of methoxy groups -OCH3 is 1. The SMILES string of the molecule is COc1nc2c(C(=O)Nc3ccc4nn(C)cc4c3C(C)=O)ccc(N3C[C@H](C)N[C@@H](C)C3)c2s1. The van der Waals surface area contributed by atoms with Crippen molar-refractivity contribution in [2.75, 3.05) is 30.4 Å². The Morgan fingerprint density at radius 3 is 2.60 bits per heavy atom. The number of anilines is 2. The number of amides is 1. The number of nitrogens with one attached hydrogen (secondary N) is 2. The number of Topliss-reactive ketones (excluding diaryl/α,β-unsaturated/α-hetero) is 1. The number of hydrogen-bond acceptors (Lipinski definition) is 8. The van der Waals surface area contributed by atoms with E-state index in [0.29, 0.717) is 50.5 Å². The molecule has 3 heterocycles. The van der Waals surface area contributed by atoms with Crippen LogP contribution in [0, 0.1) is 0 Å². The van der Waals surface area contributed by atoms with Crippen LogP contribution in [0.3, 0.4) is 0 Å². The highest BCUT2D eigenvalue weighted by Gasteiger charge is 2.26. The third-order valence-electron chi connectivity index (χ3n) is 6.22. The van der Waals surface area contributed by atoms with Crippen LogP contribution in [0.5, 0.6) is 5.19 Å². The third-order valence-corrected chi connectivity index (χ3v) is 7.26. The number of carbonyl (C=O) groups excluding carboxylic acids is 2. The largest absolute Gasteiger partial charge is 0.473 e. The van der Waals surface area contributed by atoms with Gasteiger partial charge in [-0.05, 0) is 45.0 Å². The Kier molecular flexibility index (Phi) is 5.94. The Morgan fingerprint density at radius 2 is 1.91 bits per heavy atom. The number of benzene rings is 2. The number of piperazine rings is 1. The number of hydrogen-bond donors (Lipinski definition) is 2. The van der Waals surface area contributed by atoms with Gasteiger partial charge in [-0.3, -0.25) is 14.3 Å². The van der Waals surface area contributed by atoms with Gasteiger partial charge in [0.25, 0.3) is 11.1 Å². The Hall–Kier alpha value is -3.50. The summed E-state index contributed by atoms with van der Waals surface area (Å²) in [5, 5.41) is 12.1. The summed E-state index contributed by atoms with van der Waals surface area (Å²) in [6, 6.07) is 8.00. The van der Waals surface area contributed by atoms with Crippen LogP contribution in [0.2, 0.25) is 0 Å². The number of aryl methyl sites for hydroxylation is 1. The molecule has 0 spiro atoms. The van der Waals surface area contributed by atoms with Gasteiger partial charge in [-0.2, -0.15) is 5.10 Å². The molecule has 182 valence electrons. The molecule has 4 aromatic rings. The van der Waals surface area contributed by atoms with Crippen molar-refractivity contribution in [1.29, 1.82) is 0 Å². The van der Waals surface area contributed by atoms with Crippen molar-refractivity contribution >= 4 is 55.5 Å². The van der Waals surface area contributed by atoms with Gasteiger partial charge in [0.05, 0.1) is 39.8 Å². The summed E-state index contributed by atoms with van der Waals surface area (Å²) in [6.07, 6.45) is 1.79. The molecule has 2 aromatic heterocycles. The quantitative estimate of drug-likeness (QED) is 0.408. The van der Waals surface area contributed by atoms with Gasteiger partial charge in [0, 0.05) is 43.8 Å². The van der Waals surface area contributed by atoms with E-state index in [9.17, 15) is 9.59 Å². The Bertz CT molecular complexity index is 1450. The van der Waals surface area contributed by atoms with Crippen molar-refractivity contribution in [2.45, 2.75) is 32.9 Å². The summed E-state index contributed by atoms with van der Waals surface area (Å²) in [5.74, 6) is -0.473. The highest BCUT2D eigenvalue weighted by atomic mass is 32.1. The van der Waals surface area contributed by atoms with Crippen LogP contribution in [0.15, 0.2) is 30.5 Å². The van der Waals surface area contributed by atoms with E-state index in [0.717, 1.165) is 23.5 Å². The predicted octanol–water partition coefficient (Wildman–Crippen LogP) is 3.83. The second kappa shape index (κ2) is 8.94. The Balaban J connectivity index is 1.55. The smallest absolute Gasteiger partial charge is 0.274 e. The topological polar surface area (TPSA) is 101 Å². The van der Waals surface area contributed by atoms with Gasteiger partial charge in [-0.25, -0.2) is 4.98 Å². The predicted molar refractivity (Wildman–Crippen MR) is 139 cm³/mol. The van der Waals surface area contributed by atoms with Crippen molar-refractivity contribution in [2.24, 2.45) is 7.05 Å². The van der Waals surface area contributed by atoms with Gasteiger partial charge >= 0.3 is 0 Å². The number of nitrogens with zero attached hydrogens (tertiary/aromatic N) is 4. The minimum atomic E-state index is -0.331. The van der Waals surface area contributed by atoms with Crippen LogP contribution in [0.1, 0.15) is 41.5 Å². The van der Waals surface area contributed by atoms with Gasteiger partial charge in [-0.15, -0.1) is 0 Å². The fraction of sp³-hybridized carbons (Fsp3) is 0.360. The molecule has 2 aromatic carbocycles. The van der Waals surface area contributed by atoms with Gasteiger partial charge in [0.2, 0.25) is 0 Å². The third kappa shape index (κ3) is 4.23. The first kappa shape index (κ1) is 23.3. The first-order chi connectivity index (χ1) is 16.7. The molecule has 0 unspecified atom stereocenters. The maximum Gasteiger partial charge on any atom is 0.274 e. The summed E-state index contributed by atoms with van der Waals surface area (Å²) >= 11 is 1.43. The monoisotopic (exact) mass is 492 g/mol. The van der Waals surface area contributed by atoms with E-state index in [1.165, 1.54) is 18.3 Å². The summed E-state index contributed by atoms with van der Waals surface area (Å²) in [6.45, 7) is 7.54. The fourth-order valence-corrected chi connectivity index (χ4v) is 5.85. The van der Waals surface area contributed by atoms with Crippen molar-refractivity contribution in [1.82, 2.24) is 20.1 Å². The van der Waals surface area contributed by atoms with Gasteiger partial charge in [0.1, 0.15) is 5.52 Å². The molecule has 35 heavy (non-hydrogen) atoms. The number of aromatic nitrogens is 3. The van der Waals surface area contributed by atoms with Gasteiger partial charge < -0.3 is 20.3 Å². The normalized spacial score (nSPS) is 18.3. The summed E-state index contributed by atoms with van der Waals surface area (Å²) < 4.78 is 7.99. The van der Waals surface area contributed by atoms with E-state index < -0.39 is 0 Å². The molecule has 1 amide bonds. The molecule has 2 atom stereocenters. The van der Waals surface area contributed by atoms with Crippen molar-refractivity contribution < 1.29 is 14.3 Å². The maximum atomic E-state index is 13.5. The molecule has 5 rings (SSSR count). The average Bonchev–Trinajstić information content (AvgIpc) is 3.39. The molecule has 1 aliphatic heterocycles. The minimum absolute atomic E-state index is 0.142. The summed E-state index contributed by atoms with van der Waals surface area (Å²) in [5.41, 5.74) is 3.65. The van der Waals surface area contributed by atoms with Crippen LogP contribution in [-0.2, 0) is 7.05 Å². The zero-order valence-corrected chi connectivity index (χ0v) is 21.2. The Labute approximate surface area is 207 Å². The molecule has 0 radical (unpaired) electrons. The number of ether oxygens (including phenoxy) is 1. The molecule has 0 aliphatic carbocycles. The van der Waals surface area contributed by atoms with E-state index in [-0.39, 0.29) is 11.7 Å². The van der Waals surface area contributed by atoms with Crippen molar-refractivity contribution in [3.05, 3.63) is 41.6 Å². The van der Waals surface area contributed by atoms with Gasteiger partial charge in [-0.1, -0.05) is 11.3 Å². The fourth-order valence-electron chi connectivity index (χ4n) is 4.90. The molecular formula is C25H28N6O3S. The highest BCUT2D eigenvalue weighted by Crippen LogP contribution is 2.38. The van der Waals surface area contributed by atoms with E-state index in [1.807, 2.05) is 6.07 Å². The van der Waals surface area contributed by atoms with E-state index >= 15 is 0 Å². The zero-order valence-electron chi connectivity index (χ0n) is 20.4. The molecule has 1 fully saturated rings. The maximum absolute atomic E-state index is 13.5. The first-order valence-electron chi connectivity index (χ1n) is 11.5. The molecule has 1 aliphatic rings. The molecular weight excluding hydrogens is 464 g/mol. The van der Waals surface area contributed by atoms with Crippen molar-refractivity contribution in [3.8, 4) is 5.19 Å². The molecule has 9 nitrogen and oxygen atoms in total. The Morgan fingerprint density at radius 1 is 1.17 bits per heavy atom. The molecule has 10 heteroatoms. The second-order valence-electron chi connectivity index (χ2n) is 9.10. The van der Waals surface area contributed by atoms with Crippen LogP contribution in [0.4, 0.5) is 11.4 Å². The van der Waals surface area contributed by atoms with E-state index in [2.05, 4.69) is 39.5 Å². The highest BCUT2D eigenvalue weighted by molar-refractivity contribution is 7.21. The number of carbonyl (C=O) groups is 2. The van der Waals surface area contributed by atoms with Crippen LogP contribution >= 0.6 is 11.3 Å². The summed E-state index contributed by atoms with van der Waals surface area (Å²) in [4.78, 5) is 32.9. The number of ketones is 1. The number of thiazole rings is 1. The standard InChI is InChI=1S/C25H28N6O3S/c1-13-10-31(11-14(2)26-13)20-9-6-16(22-23(20)35-25(28-22)34-5)24(33)27-19-8-7-18-17(12-30(4)29-18)21(19)15(3)32/h6-9,12-14,26H,10-11H2,1-5H3,(H,27,33)/t13-,14-/m0/s1. The van der Waals surface area contributed by atoms with Crippen LogP contribution in [0.25, 0.3) is 21.1 Å².